The molecule has 0 atom stereocenters. The van der Waals surface area contributed by atoms with Crippen LogP contribution in [0.1, 0.15) is 33.1 Å². The van der Waals surface area contributed by atoms with E-state index in [4.69, 9.17) is 0 Å². The van der Waals surface area contributed by atoms with Gasteiger partial charge in [0.25, 0.3) is 0 Å². The number of hydrogen-bond donors (Lipinski definition) is 0. The smallest absolute Gasteiger partial charge is 0.00159 e. The molecule has 1 fully saturated rings. The van der Waals surface area contributed by atoms with Crippen molar-refractivity contribution in [2.75, 3.05) is 19.6 Å². The van der Waals surface area contributed by atoms with Crippen molar-refractivity contribution in [1.82, 2.24) is 4.90 Å². The molecular weight excluding hydrogens is 146 g/mol. The molecule has 1 aliphatic heterocycles. The van der Waals surface area contributed by atoms with E-state index in [2.05, 4.69) is 30.9 Å². The molecule has 1 nitrogen and oxygen atoms in total. The fraction of sp³-hybridized carbons (Fsp3) is 0.818. The van der Waals surface area contributed by atoms with Gasteiger partial charge in [-0.15, -0.1) is 0 Å². The summed E-state index contributed by atoms with van der Waals surface area (Å²) in [6, 6.07) is 0. The molecule has 0 spiro atoms. The molecule has 12 heavy (non-hydrogen) atoms. The summed E-state index contributed by atoms with van der Waals surface area (Å²) in [5.74, 6) is 0.961. The lowest BCUT2D eigenvalue weighted by Crippen LogP contribution is -2.33. The second kappa shape index (κ2) is 5.36. The molecule has 0 bridgehead atoms. The Labute approximate surface area is 76.5 Å². The topological polar surface area (TPSA) is 3.24 Å². The molecule has 0 aromatic rings. The van der Waals surface area contributed by atoms with Crippen LogP contribution in [0.5, 0.6) is 0 Å². The average Bonchev–Trinajstić information content (AvgIpc) is 2.09. The Morgan fingerprint density at radius 3 is 2.58 bits per heavy atom. The number of likely N-dealkylation sites (tertiary alicyclic amines) is 1. The number of nitrogens with zero attached hydrogens (tertiary/aromatic N) is 1. The minimum atomic E-state index is 0.961. The lowest BCUT2D eigenvalue weighted by Gasteiger charge is -2.29. The van der Waals surface area contributed by atoms with Crippen LogP contribution in [0.4, 0.5) is 0 Å². The van der Waals surface area contributed by atoms with Crippen molar-refractivity contribution in [3.05, 3.63) is 12.2 Å². The van der Waals surface area contributed by atoms with E-state index < -0.39 is 0 Å². The van der Waals surface area contributed by atoms with Gasteiger partial charge >= 0.3 is 0 Å². The molecular formula is C11H21N. The Morgan fingerprint density at radius 1 is 1.33 bits per heavy atom. The van der Waals surface area contributed by atoms with Gasteiger partial charge in [-0.05, 0) is 45.2 Å². The molecule has 1 aliphatic rings. The van der Waals surface area contributed by atoms with E-state index in [0.717, 1.165) is 5.92 Å². The summed E-state index contributed by atoms with van der Waals surface area (Å²) in [4.78, 5) is 2.58. The van der Waals surface area contributed by atoms with Crippen molar-refractivity contribution in [3.8, 4) is 0 Å². The highest BCUT2D eigenvalue weighted by atomic mass is 15.1. The molecule has 70 valence electrons. The predicted octanol–water partition coefficient (Wildman–Crippen LogP) is 2.68. The van der Waals surface area contributed by atoms with Crippen LogP contribution in [0.25, 0.3) is 0 Å². The van der Waals surface area contributed by atoms with E-state index in [1.54, 1.807) is 0 Å². The molecule has 0 aromatic heterocycles. The lowest BCUT2D eigenvalue weighted by molar-refractivity contribution is 0.195. The first-order valence-corrected chi connectivity index (χ1v) is 5.16. The molecule has 0 N–H and O–H groups in total. The third-order valence-corrected chi connectivity index (χ3v) is 2.72. The fourth-order valence-corrected chi connectivity index (χ4v) is 1.71. The summed E-state index contributed by atoms with van der Waals surface area (Å²) in [5, 5.41) is 0. The highest BCUT2D eigenvalue weighted by Gasteiger charge is 2.13. The van der Waals surface area contributed by atoms with Crippen LogP contribution in [0.2, 0.25) is 0 Å². The zero-order valence-electron chi connectivity index (χ0n) is 8.42. The molecule has 1 heterocycles. The van der Waals surface area contributed by atoms with Crippen molar-refractivity contribution >= 4 is 0 Å². The van der Waals surface area contributed by atoms with Crippen molar-refractivity contribution in [2.45, 2.75) is 33.1 Å². The molecule has 0 unspecified atom stereocenters. The van der Waals surface area contributed by atoms with E-state index in [0.29, 0.717) is 0 Å². The maximum Gasteiger partial charge on any atom is 0.00159 e. The number of piperidine rings is 1. The Kier molecular flexibility index (Phi) is 4.37. The molecule has 0 radical (unpaired) electrons. The summed E-state index contributed by atoms with van der Waals surface area (Å²) >= 11 is 0. The standard InChI is InChI=1S/C11H21N/c1-3-4-5-8-12-9-6-11(2)7-10-12/h3-4,11H,5-10H2,1-2H3/b4-3-. The quantitative estimate of drug-likeness (QED) is 0.584. The summed E-state index contributed by atoms with van der Waals surface area (Å²) in [5.41, 5.74) is 0. The van der Waals surface area contributed by atoms with Gasteiger partial charge in [0.15, 0.2) is 0 Å². The second-order valence-electron chi connectivity index (χ2n) is 3.88. The Bertz CT molecular complexity index is 132. The van der Waals surface area contributed by atoms with Gasteiger partial charge in [0.05, 0.1) is 0 Å². The SMILES string of the molecule is C/C=C\CCN1CCC(C)CC1. The van der Waals surface area contributed by atoms with Gasteiger partial charge in [-0.1, -0.05) is 19.1 Å². The van der Waals surface area contributed by atoms with Crippen LogP contribution in [-0.2, 0) is 0 Å². The maximum atomic E-state index is 2.58. The van der Waals surface area contributed by atoms with Crippen molar-refractivity contribution < 1.29 is 0 Å². The van der Waals surface area contributed by atoms with Crippen LogP contribution in [0.15, 0.2) is 12.2 Å². The Balaban J connectivity index is 2.09. The summed E-state index contributed by atoms with van der Waals surface area (Å²) in [6.07, 6.45) is 8.43. The zero-order valence-corrected chi connectivity index (χ0v) is 8.42. The molecule has 0 aromatic carbocycles. The third kappa shape index (κ3) is 3.40. The first-order chi connectivity index (χ1) is 5.83. The largest absolute Gasteiger partial charge is 0.303 e. The molecule has 1 saturated heterocycles. The van der Waals surface area contributed by atoms with Crippen molar-refractivity contribution in [1.29, 1.82) is 0 Å². The van der Waals surface area contributed by atoms with Gasteiger partial charge in [-0.2, -0.15) is 0 Å². The number of allylic oxidation sites excluding steroid dienone is 1. The fourth-order valence-electron chi connectivity index (χ4n) is 1.71. The number of rotatable bonds is 3. The predicted molar refractivity (Wildman–Crippen MR) is 54.3 cm³/mol. The first kappa shape index (κ1) is 9.79. The summed E-state index contributed by atoms with van der Waals surface area (Å²) < 4.78 is 0. The average molecular weight is 167 g/mol. The van der Waals surface area contributed by atoms with Crippen molar-refractivity contribution in [2.24, 2.45) is 5.92 Å². The normalized spacial score (nSPS) is 22.2. The van der Waals surface area contributed by atoms with Crippen LogP contribution < -0.4 is 0 Å². The number of hydrogen-bond acceptors (Lipinski definition) is 1. The third-order valence-electron chi connectivity index (χ3n) is 2.72. The van der Waals surface area contributed by atoms with Crippen LogP contribution in [-0.4, -0.2) is 24.5 Å². The Hall–Kier alpha value is -0.300. The van der Waals surface area contributed by atoms with Gasteiger partial charge in [0.1, 0.15) is 0 Å². The monoisotopic (exact) mass is 167 g/mol. The molecule has 0 saturated carbocycles. The van der Waals surface area contributed by atoms with E-state index in [9.17, 15) is 0 Å². The van der Waals surface area contributed by atoms with Crippen molar-refractivity contribution in [3.63, 3.8) is 0 Å². The van der Waals surface area contributed by atoms with Gasteiger partial charge in [0, 0.05) is 6.54 Å². The molecule has 0 amide bonds. The highest BCUT2D eigenvalue weighted by molar-refractivity contribution is 4.79. The molecule has 0 aliphatic carbocycles. The summed E-state index contributed by atoms with van der Waals surface area (Å²) in [7, 11) is 0. The van der Waals surface area contributed by atoms with E-state index >= 15 is 0 Å². The second-order valence-corrected chi connectivity index (χ2v) is 3.88. The maximum absolute atomic E-state index is 2.58. The van der Waals surface area contributed by atoms with E-state index in [1.807, 2.05) is 0 Å². The van der Waals surface area contributed by atoms with Gasteiger partial charge in [-0.25, -0.2) is 0 Å². The minimum Gasteiger partial charge on any atom is -0.303 e. The van der Waals surface area contributed by atoms with Crippen LogP contribution >= 0.6 is 0 Å². The van der Waals surface area contributed by atoms with Gasteiger partial charge in [0.2, 0.25) is 0 Å². The van der Waals surface area contributed by atoms with E-state index in [-0.39, 0.29) is 0 Å². The van der Waals surface area contributed by atoms with Crippen LogP contribution in [0.3, 0.4) is 0 Å². The van der Waals surface area contributed by atoms with Gasteiger partial charge < -0.3 is 4.90 Å². The highest BCUT2D eigenvalue weighted by Crippen LogP contribution is 2.15. The van der Waals surface area contributed by atoms with E-state index in [1.165, 1.54) is 38.9 Å². The lowest BCUT2D eigenvalue weighted by atomic mass is 9.99. The molecule has 1 heteroatoms. The Morgan fingerprint density at radius 2 is 2.00 bits per heavy atom. The van der Waals surface area contributed by atoms with Crippen LogP contribution in [0, 0.1) is 5.92 Å². The molecule has 1 rings (SSSR count). The van der Waals surface area contributed by atoms with Gasteiger partial charge in [-0.3, -0.25) is 0 Å². The minimum absolute atomic E-state index is 0.961. The summed E-state index contributed by atoms with van der Waals surface area (Å²) in [6.45, 7) is 8.36. The first-order valence-electron chi connectivity index (χ1n) is 5.16. The zero-order chi connectivity index (χ0) is 8.81.